The van der Waals surface area contributed by atoms with Crippen molar-refractivity contribution >= 4 is 33.6 Å². The van der Waals surface area contributed by atoms with E-state index in [9.17, 15) is 9.59 Å². The number of hydrogen-bond acceptors (Lipinski definition) is 3. The van der Waals surface area contributed by atoms with Crippen molar-refractivity contribution in [1.82, 2.24) is 5.32 Å². The average Bonchev–Trinajstić information content (AvgIpc) is 2.39. The molecular weight excluding hydrogens is 328 g/mol. The first-order valence-electron chi connectivity index (χ1n) is 5.99. The van der Waals surface area contributed by atoms with E-state index in [1.165, 1.54) is 14.0 Å². The SMILES string of the molecule is COc1cc(NC(=O)NC(C)C(C)C(=O)O)ccc1Br. The van der Waals surface area contributed by atoms with Gasteiger partial charge in [-0.25, -0.2) is 4.79 Å². The van der Waals surface area contributed by atoms with E-state index in [1.54, 1.807) is 25.1 Å². The third kappa shape index (κ3) is 4.41. The quantitative estimate of drug-likeness (QED) is 0.766. The number of halogens is 1. The maximum atomic E-state index is 11.8. The molecule has 2 atom stereocenters. The molecule has 0 bridgehead atoms. The number of carbonyl (C=O) groups excluding carboxylic acids is 1. The van der Waals surface area contributed by atoms with Crippen LogP contribution in [0.25, 0.3) is 0 Å². The van der Waals surface area contributed by atoms with Gasteiger partial charge in [-0.05, 0) is 41.9 Å². The number of anilines is 1. The molecular formula is C13H17BrN2O4. The van der Waals surface area contributed by atoms with Gasteiger partial charge in [0.15, 0.2) is 0 Å². The van der Waals surface area contributed by atoms with E-state index in [-0.39, 0.29) is 0 Å². The van der Waals surface area contributed by atoms with Gasteiger partial charge in [0.1, 0.15) is 5.75 Å². The van der Waals surface area contributed by atoms with E-state index in [2.05, 4.69) is 26.6 Å². The van der Waals surface area contributed by atoms with Gasteiger partial charge >= 0.3 is 12.0 Å². The van der Waals surface area contributed by atoms with Crippen LogP contribution in [-0.2, 0) is 4.79 Å². The van der Waals surface area contributed by atoms with Crippen LogP contribution in [0.4, 0.5) is 10.5 Å². The molecule has 0 aliphatic heterocycles. The van der Waals surface area contributed by atoms with Gasteiger partial charge in [0.25, 0.3) is 0 Å². The summed E-state index contributed by atoms with van der Waals surface area (Å²) >= 11 is 3.31. The number of rotatable bonds is 5. The van der Waals surface area contributed by atoms with Gasteiger partial charge in [-0.1, -0.05) is 0 Å². The first kappa shape index (κ1) is 16.3. The summed E-state index contributed by atoms with van der Waals surface area (Å²) in [5.74, 6) is -1.03. The topological polar surface area (TPSA) is 87.7 Å². The summed E-state index contributed by atoms with van der Waals surface area (Å²) in [5, 5.41) is 14.1. The van der Waals surface area contributed by atoms with Crippen molar-refractivity contribution < 1.29 is 19.4 Å². The van der Waals surface area contributed by atoms with Gasteiger partial charge in [0.2, 0.25) is 0 Å². The maximum absolute atomic E-state index is 11.8. The second-order valence-corrected chi connectivity index (χ2v) is 5.22. The van der Waals surface area contributed by atoms with E-state index < -0.39 is 24.0 Å². The standard InChI is InChI=1S/C13H17BrN2O4/c1-7(12(17)18)8(2)15-13(19)16-9-4-5-10(14)11(6-9)20-3/h4-8H,1-3H3,(H,17,18)(H2,15,16,19). The predicted molar refractivity (Wildman–Crippen MR) is 79.1 cm³/mol. The van der Waals surface area contributed by atoms with Crippen LogP contribution in [0.3, 0.4) is 0 Å². The van der Waals surface area contributed by atoms with Crippen LogP contribution in [0.5, 0.6) is 5.75 Å². The molecule has 7 heteroatoms. The van der Waals surface area contributed by atoms with E-state index in [0.717, 1.165) is 4.47 Å². The fourth-order valence-corrected chi connectivity index (χ4v) is 1.86. The van der Waals surface area contributed by atoms with Crippen LogP contribution in [0.2, 0.25) is 0 Å². The summed E-state index contributed by atoms with van der Waals surface area (Å²) in [6.07, 6.45) is 0. The van der Waals surface area contributed by atoms with E-state index in [4.69, 9.17) is 9.84 Å². The Kier molecular flexibility index (Phi) is 5.82. The second kappa shape index (κ2) is 7.14. The third-order valence-corrected chi connectivity index (χ3v) is 3.56. The number of benzene rings is 1. The van der Waals surface area contributed by atoms with Crippen LogP contribution in [0.15, 0.2) is 22.7 Å². The van der Waals surface area contributed by atoms with E-state index in [1.807, 2.05) is 0 Å². The maximum Gasteiger partial charge on any atom is 0.319 e. The van der Waals surface area contributed by atoms with E-state index in [0.29, 0.717) is 11.4 Å². The summed E-state index contributed by atoms with van der Waals surface area (Å²) in [5.41, 5.74) is 0.553. The highest BCUT2D eigenvalue weighted by atomic mass is 79.9. The second-order valence-electron chi connectivity index (χ2n) is 4.36. The number of carboxylic acids is 1. The normalized spacial score (nSPS) is 13.2. The van der Waals surface area contributed by atoms with Crippen molar-refractivity contribution in [3.8, 4) is 5.75 Å². The zero-order valence-corrected chi connectivity index (χ0v) is 13.0. The van der Waals surface area contributed by atoms with Gasteiger partial charge in [-0.2, -0.15) is 0 Å². The molecule has 0 aromatic heterocycles. The van der Waals surface area contributed by atoms with Gasteiger partial charge < -0.3 is 20.5 Å². The zero-order valence-electron chi connectivity index (χ0n) is 11.4. The largest absolute Gasteiger partial charge is 0.495 e. The molecule has 0 fully saturated rings. The van der Waals surface area contributed by atoms with Crippen LogP contribution < -0.4 is 15.4 Å². The smallest absolute Gasteiger partial charge is 0.319 e. The van der Waals surface area contributed by atoms with Gasteiger partial charge in [0.05, 0.1) is 17.5 Å². The number of carbonyl (C=O) groups is 2. The lowest BCUT2D eigenvalue weighted by molar-refractivity contribution is -0.141. The van der Waals surface area contributed by atoms with Crippen molar-refractivity contribution in [3.05, 3.63) is 22.7 Å². The first-order chi connectivity index (χ1) is 9.35. The van der Waals surface area contributed by atoms with Crippen molar-refractivity contribution in [1.29, 1.82) is 0 Å². The molecule has 20 heavy (non-hydrogen) atoms. The third-order valence-electron chi connectivity index (χ3n) is 2.91. The Balaban J connectivity index is 2.65. The molecule has 0 saturated heterocycles. The molecule has 0 radical (unpaired) electrons. The summed E-state index contributed by atoms with van der Waals surface area (Å²) in [7, 11) is 1.53. The summed E-state index contributed by atoms with van der Waals surface area (Å²) in [6.45, 7) is 3.18. The monoisotopic (exact) mass is 344 g/mol. The molecule has 0 spiro atoms. The van der Waals surface area contributed by atoms with Crippen LogP contribution in [0.1, 0.15) is 13.8 Å². The Morgan fingerprint density at radius 2 is 2.00 bits per heavy atom. The van der Waals surface area contributed by atoms with Gasteiger partial charge in [-0.15, -0.1) is 0 Å². The van der Waals surface area contributed by atoms with Gasteiger partial charge in [0, 0.05) is 17.8 Å². The highest BCUT2D eigenvalue weighted by Crippen LogP contribution is 2.27. The highest BCUT2D eigenvalue weighted by Gasteiger charge is 2.20. The van der Waals surface area contributed by atoms with Crippen molar-refractivity contribution in [2.24, 2.45) is 5.92 Å². The molecule has 0 aliphatic carbocycles. The van der Waals surface area contributed by atoms with Crippen LogP contribution in [-0.4, -0.2) is 30.3 Å². The number of carboxylic acid groups (broad SMARTS) is 1. The minimum absolute atomic E-state index is 0.463. The molecule has 3 N–H and O–H groups in total. The number of urea groups is 1. The molecule has 0 saturated carbocycles. The van der Waals surface area contributed by atoms with Crippen LogP contribution in [0, 0.1) is 5.92 Å². The number of amides is 2. The van der Waals surface area contributed by atoms with Crippen molar-refractivity contribution in [3.63, 3.8) is 0 Å². The molecule has 0 aliphatic rings. The molecule has 2 unspecified atom stereocenters. The average molecular weight is 345 g/mol. The Morgan fingerprint density at radius 1 is 1.35 bits per heavy atom. The minimum Gasteiger partial charge on any atom is -0.495 e. The summed E-state index contributed by atoms with van der Waals surface area (Å²) in [6, 6.07) is 4.17. The predicted octanol–water partition coefficient (Wildman–Crippen LogP) is 2.69. The Hall–Kier alpha value is -1.76. The molecule has 0 heterocycles. The number of ether oxygens (including phenoxy) is 1. The lowest BCUT2D eigenvalue weighted by atomic mass is 10.0. The molecule has 1 rings (SSSR count). The number of aliphatic carboxylic acids is 1. The van der Waals surface area contributed by atoms with Gasteiger partial charge in [-0.3, -0.25) is 4.79 Å². The van der Waals surface area contributed by atoms with Crippen molar-refractivity contribution in [2.75, 3.05) is 12.4 Å². The minimum atomic E-state index is -0.955. The molecule has 110 valence electrons. The Labute approximate surface area is 125 Å². The van der Waals surface area contributed by atoms with Crippen LogP contribution >= 0.6 is 15.9 Å². The van der Waals surface area contributed by atoms with Crippen molar-refractivity contribution in [2.45, 2.75) is 19.9 Å². The fraction of sp³-hybridized carbons (Fsp3) is 0.385. The Bertz CT molecular complexity index is 507. The fourth-order valence-electron chi connectivity index (χ4n) is 1.45. The number of methoxy groups -OCH3 is 1. The first-order valence-corrected chi connectivity index (χ1v) is 6.78. The Morgan fingerprint density at radius 3 is 2.55 bits per heavy atom. The molecule has 1 aromatic carbocycles. The number of nitrogens with one attached hydrogen (secondary N) is 2. The molecule has 1 aromatic rings. The molecule has 2 amide bonds. The number of hydrogen-bond donors (Lipinski definition) is 3. The lowest BCUT2D eigenvalue weighted by Gasteiger charge is -2.18. The zero-order chi connectivity index (χ0) is 15.3. The lowest BCUT2D eigenvalue weighted by Crippen LogP contribution is -2.42. The van der Waals surface area contributed by atoms with E-state index >= 15 is 0 Å². The molecule has 6 nitrogen and oxygen atoms in total. The highest BCUT2D eigenvalue weighted by molar-refractivity contribution is 9.10. The summed E-state index contributed by atoms with van der Waals surface area (Å²) in [4.78, 5) is 22.6. The summed E-state index contributed by atoms with van der Waals surface area (Å²) < 4.78 is 5.90.